The molecule has 0 aliphatic heterocycles. The van der Waals surface area contributed by atoms with Crippen molar-refractivity contribution in [1.29, 1.82) is 0 Å². The maximum absolute atomic E-state index is 5.82. The molecule has 0 aliphatic carbocycles. The Morgan fingerprint density at radius 2 is 1.60 bits per heavy atom. The van der Waals surface area contributed by atoms with Crippen molar-refractivity contribution in [2.75, 3.05) is 5.01 Å². The van der Waals surface area contributed by atoms with Crippen LogP contribution in [-0.4, -0.2) is 9.38 Å². The van der Waals surface area contributed by atoms with Gasteiger partial charge in [0, 0.05) is 30.4 Å². The van der Waals surface area contributed by atoms with E-state index in [4.69, 9.17) is 11.6 Å². The van der Waals surface area contributed by atoms with E-state index in [2.05, 4.69) is 24.2 Å². The Kier molecular flexibility index (Phi) is 8.23. The van der Waals surface area contributed by atoms with E-state index in [1.54, 1.807) is 6.20 Å². The smallest absolute Gasteiger partial charge is 0.137 e. The third-order valence-electron chi connectivity index (χ3n) is 3.31. The van der Waals surface area contributed by atoms with E-state index in [0.717, 1.165) is 22.6 Å². The Hall–Kier alpha value is -2.79. The SMILES string of the molecule is CC.CC.Cc1ccc2nc(-c3ccc(N(N)/C=C\N)cc3)cn2c1. The Balaban J connectivity index is 0.000000730. The third-order valence-corrected chi connectivity index (χ3v) is 3.31. The second-order valence-electron chi connectivity index (χ2n) is 4.89. The summed E-state index contributed by atoms with van der Waals surface area (Å²) in [6.45, 7) is 10.1. The van der Waals surface area contributed by atoms with Gasteiger partial charge in [0.05, 0.1) is 11.4 Å². The van der Waals surface area contributed by atoms with Crippen molar-refractivity contribution < 1.29 is 0 Å². The normalized spacial score (nSPS) is 10.0. The number of hydrogen-bond donors (Lipinski definition) is 2. The Morgan fingerprint density at radius 1 is 0.960 bits per heavy atom. The number of benzene rings is 1. The summed E-state index contributed by atoms with van der Waals surface area (Å²) in [6.07, 6.45) is 7.09. The predicted molar refractivity (Wildman–Crippen MR) is 108 cm³/mol. The van der Waals surface area contributed by atoms with Gasteiger partial charge in [0.25, 0.3) is 0 Å². The van der Waals surface area contributed by atoms with Gasteiger partial charge in [-0.2, -0.15) is 0 Å². The number of pyridine rings is 1. The van der Waals surface area contributed by atoms with Gasteiger partial charge in [0.2, 0.25) is 0 Å². The Morgan fingerprint density at radius 3 is 2.20 bits per heavy atom. The van der Waals surface area contributed by atoms with Crippen LogP contribution in [0.4, 0.5) is 5.69 Å². The van der Waals surface area contributed by atoms with Gasteiger partial charge in [0.15, 0.2) is 0 Å². The summed E-state index contributed by atoms with van der Waals surface area (Å²) >= 11 is 0. The molecule has 2 aromatic heterocycles. The van der Waals surface area contributed by atoms with E-state index in [1.807, 2.05) is 68.6 Å². The lowest BCUT2D eigenvalue weighted by atomic mass is 10.1. The maximum Gasteiger partial charge on any atom is 0.137 e. The van der Waals surface area contributed by atoms with E-state index in [0.29, 0.717) is 0 Å². The molecule has 134 valence electrons. The van der Waals surface area contributed by atoms with Gasteiger partial charge in [-0.3, -0.25) is 5.01 Å². The van der Waals surface area contributed by atoms with E-state index >= 15 is 0 Å². The van der Waals surface area contributed by atoms with Crippen molar-refractivity contribution in [3.05, 3.63) is 66.8 Å². The summed E-state index contributed by atoms with van der Waals surface area (Å²) in [6, 6.07) is 11.9. The molecule has 4 N–H and O–H groups in total. The molecule has 3 rings (SSSR count). The first kappa shape index (κ1) is 20.3. The van der Waals surface area contributed by atoms with Gasteiger partial charge in [-0.25, -0.2) is 10.8 Å². The van der Waals surface area contributed by atoms with Gasteiger partial charge >= 0.3 is 0 Å². The van der Waals surface area contributed by atoms with Crippen molar-refractivity contribution in [2.45, 2.75) is 34.6 Å². The molecule has 0 bridgehead atoms. The first-order valence-corrected chi connectivity index (χ1v) is 8.65. The van der Waals surface area contributed by atoms with Crippen LogP contribution in [0.25, 0.3) is 16.9 Å². The van der Waals surface area contributed by atoms with Crippen molar-refractivity contribution >= 4 is 11.3 Å². The highest BCUT2D eigenvalue weighted by Gasteiger charge is 2.05. The van der Waals surface area contributed by atoms with E-state index < -0.39 is 0 Å². The number of hydrogen-bond acceptors (Lipinski definition) is 4. The lowest BCUT2D eigenvalue weighted by Crippen LogP contribution is -2.24. The molecular weight excluding hydrogens is 310 g/mol. The maximum atomic E-state index is 5.82. The van der Waals surface area contributed by atoms with Crippen LogP contribution in [-0.2, 0) is 0 Å². The average molecular weight is 339 g/mol. The van der Waals surface area contributed by atoms with Crippen LogP contribution in [0.3, 0.4) is 0 Å². The number of fused-ring (bicyclic) bond motifs is 1. The molecule has 0 saturated heterocycles. The van der Waals surface area contributed by atoms with Gasteiger partial charge < -0.3 is 10.1 Å². The summed E-state index contributed by atoms with van der Waals surface area (Å²) in [7, 11) is 0. The molecule has 0 atom stereocenters. The van der Waals surface area contributed by atoms with E-state index in [1.165, 1.54) is 16.8 Å². The van der Waals surface area contributed by atoms with Crippen LogP contribution in [0.2, 0.25) is 0 Å². The zero-order valence-corrected chi connectivity index (χ0v) is 15.8. The van der Waals surface area contributed by atoms with Crippen molar-refractivity contribution in [3.63, 3.8) is 0 Å². The minimum atomic E-state index is 0.861. The Labute approximate surface area is 150 Å². The molecule has 0 amide bonds. The molecule has 2 heterocycles. The lowest BCUT2D eigenvalue weighted by Gasteiger charge is -2.13. The monoisotopic (exact) mass is 339 g/mol. The molecule has 3 aromatic rings. The molecular formula is C20H29N5. The number of nitrogens with two attached hydrogens (primary N) is 2. The topological polar surface area (TPSA) is 72.6 Å². The van der Waals surface area contributed by atoms with Gasteiger partial charge in [0.1, 0.15) is 5.65 Å². The van der Waals surface area contributed by atoms with Crippen LogP contribution in [0.1, 0.15) is 33.3 Å². The third kappa shape index (κ3) is 5.09. The number of anilines is 1. The number of aromatic nitrogens is 2. The van der Waals surface area contributed by atoms with Crippen LogP contribution in [0.15, 0.2) is 61.2 Å². The summed E-state index contributed by atoms with van der Waals surface area (Å²) in [4.78, 5) is 4.62. The van der Waals surface area contributed by atoms with Crippen molar-refractivity contribution in [2.24, 2.45) is 11.6 Å². The average Bonchev–Trinajstić information content (AvgIpc) is 3.08. The zero-order chi connectivity index (χ0) is 18.8. The summed E-state index contributed by atoms with van der Waals surface area (Å²) in [5, 5.41) is 1.47. The van der Waals surface area contributed by atoms with Crippen molar-refractivity contribution in [1.82, 2.24) is 9.38 Å². The van der Waals surface area contributed by atoms with Crippen LogP contribution >= 0.6 is 0 Å². The Bertz CT molecular complexity index is 787. The van der Waals surface area contributed by atoms with Crippen molar-refractivity contribution in [3.8, 4) is 11.3 Å². The summed E-state index contributed by atoms with van der Waals surface area (Å²) < 4.78 is 2.03. The quantitative estimate of drug-likeness (QED) is 0.545. The second-order valence-corrected chi connectivity index (χ2v) is 4.89. The molecule has 25 heavy (non-hydrogen) atoms. The second kappa shape index (κ2) is 10.2. The lowest BCUT2D eigenvalue weighted by molar-refractivity contribution is 1.07. The molecule has 0 radical (unpaired) electrons. The molecule has 0 saturated carbocycles. The fourth-order valence-corrected chi connectivity index (χ4v) is 2.23. The number of nitrogens with zero attached hydrogens (tertiary/aromatic N) is 3. The fraction of sp³-hybridized carbons (Fsp3) is 0.250. The molecule has 0 spiro atoms. The largest absolute Gasteiger partial charge is 0.403 e. The molecule has 0 aliphatic rings. The van der Waals surface area contributed by atoms with Crippen LogP contribution < -0.4 is 16.6 Å². The molecule has 5 heteroatoms. The minimum absolute atomic E-state index is 0.861. The first-order valence-electron chi connectivity index (χ1n) is 8.65. The number of aryl methyl sites for hydroxylation is 1. The molecule has 1 aromatic carbocycles. The summed E-state index contributed by atoms with van der Waals surface area (Å²) in [5.74, 6) is 5.82. The molecule has 0 unspecified atom stereocenters. The minimum Gasteiger partial charge on any atom is -0.403 e. The van der Waals surface area contributed by atoms with E-state index in [9.17, 15) is 0 Å². The molecule has 0 fully saturated rings. The van der Waals surface area contributed by atoms with E-state index in [-0.39, 0.29) is 0 Å². The van der Waals surface area contributed by atoms with Crippen LogP contribution in [0.5, 0.6) is 0 Å². The molecule has 5 nitrogen and oxygen atoms in total. The highest BCUT2D eigenvalue weighted by atomic mass is 15.4. The highest BCUT2D eigenvalue weighted by Crippen LogP contribution is 2.22. The van der Waals surface area contributed by atoms with Gasteiger partial charge in [-0.05, 0) is 30.7 Å². The summed E-state index contributed by atoms with van der Waals surface area (Å²) in [5.41, 5.74) is 10.3. The van der Waals surface area contributed by atoms with Gasteiger partial charge in [-0.1, -0.05) is 45.9 Å². The number of hydrazine groups is 1. The zero-order valence-electron chi connectivity index (χ0n) is 15.8. The number of imidazole rings is 1. The highest BCUT2D eigenvalue weighted by molar-refractivity contribution is 5.65. The van der Waals surface area contributed by atoms with Crippen LogP contribution in [0, 0.1) is 6.92 Å². The standard InChI is InChI=1S/C16H17N5.2C2H6/c1-12-2-7-16-19-15(11-20(16)10-12)13-3-5-14(6-4-13)21(18)9-8-17;2*1-2/h2-11H,17-18H2,1H3;2*1-2H3/b9-8-;;. The fourth-order valence-electron chi connectivity index (χ4n) is 2.23. The predicted octanol–water partition coefficient (Wildman–Crippen LogP) is 4.47. The number of rotatable bonds is 3. The first-order chi connectivity index (χ1) is 12.2. The van der Waals surface area contributed by atoms with Gasteiger partial charge in [-0.15, -0.1) is 0 Å².